The summed E-state index contributed by atoms with van der Waals surface area (Å²) in [6.07, 6.45) is 0. The topological polar surface area (TPSA) is 57.6 Å². The van der Waals surface area contributed by atoms with Crippen molar-refractivity contribution in [2.75, 3.05) is 19.0 Å². The van der Waals surface area contributed by atoms with E-state index in [1.165, 1.54) is 12.1 Å². The van der Waals surface area contributed by atoms with Crippen LogP contribution in [0.1, 0.15) is 1.43 Å². The molecule has 0 radical (unpaired) electrons. The molecule has 0 aliphatic heterocycles. The molecular weight excluding hydrogens is 213 g/mol. The fourth-order valence-corrected chi connectivity index (χ4v) is 1.44. The molecule has 0 aliphatic carbocycles. The Labute approximate surface area is 107 Å². The summed E-state index contributed by atoms with van der Waals surface area (Å²) >= 11 is 0. The normalized spacial score (nSPS) is 10.5. The summed E-state index contributed by atoms with van der Waals surface area (Å²) in [7, 11) is -0.496. The molecule has 0 fully saturated rings. The Hall–Kier alpha value is -0.0700. The predicted molar refractivity (Wildman–Crippen MR) is 51.7 cm³/mol. The van der Waals surface area contributed by atoms with Crippen LogP contribution in [-0.4, -0.2) is 27.1 Å². The third kappa shape index (κ3) is 3.59. The Morgan fingerprint density at radius 3 is 2.36 bits per heavy atom. The van der Waals surface area contributed by atoms with Gasteiger partial charge in [0.15, 0.2) is 0 Å². The quantitative estimate of drug-likeness (QED) is 0.472. The molecule has 1 rings (SSSR count). The van der Waals surface area contributed by atoms with Gasteiger partial charge in [0.1, 0.15) is 0 Å². The van der Waals surface area contributed by atoms with Crippen molar-refractivity contribution in [3.8, 4) is 0 Å². The molecule has 6 heteroatoms. The van der Waals surface area contributed by atoms with Gasteiger partial charge in [0.25, 0.3) is 10.1 Å². The monoisotopic (exact) mass is 225 g/mol. The van der Waals surface area contributed by atoms with Gasteiger partial charge in [0.2, 0.25) is 0 Å². The van der Waals surface area contributed by atoms with E-state index >= 15 is 0 Å². The van der Waals surface area contributed by atoms with Gasteiger partial charge in [-0.05, 0) is 18.2 Å². The van der Waals surface area contributed by atoms with E-state index in [1.54, 1.807) is 31.1 Å². The van der Waals surface area contributed by atoms with Gasteiger partial charge in [-0.2, -0.15) is 8.42 Å². The molecule has 0 atom stereocenters. The van der Waals surface area contributed by atoms with Crippen molar-refractivity contribution in [1.82, 2.24) is 0 Å². The van der Waals surface area contributed by atoms with E-state index in [0.717, 1.165) is 5.69 Å². The van der Waals surface area contributed by atoms with Gasteiger partial charge in [-0.15, -0.1) is 0 Å². The number of benzene rings is 1. The molecule has 0 unspecified atom stereocenters. The van der Waals surface area contributed by atoms with Gasteiger partial charge in [-0.1, -0.05) is 6.07 Å². The number of hydrogen-bond donors (Lipinski definition) is 1. The van der Waals surface area contributed by atoms with E-state index in [0.29, 0.717) is 0 Å². The molecule has 0 bridgehead atoms. The van der Waals surface area contributed by atoms with E-state index in [2.05, 4.69) is 0 Å². The van der Waals surface area contributed by atoms with Gasteiger partial charge in [-0.3, -0.25) is 4.55 Å². The SMILES string of the molecule is CN(C)c1cccc(S(=O)(=O)O)c1.[H-].[Na+]. The van der Waals surface area contributed by atoms with Crippen LogP contribution < -0.4 is 34.5 Å². The third-order valence-electron chi connectivity index (χ3n) is 1.63. The first-order valence-corrected chi connectivity index (χ1v) is 5.10. The number of nitrogens with zero attached hydrogens (tertiary/aromatic N) is 1. The molecule has 0 spiro atoms. The first-order chi connectivity index (χ1) is 5.91. The zero-order chi connectivity index (χ0) is 10.1. The van der Waals surface area contributed by atoms with Gasteiger partial charge >= 0.3 is 29.6 Å². The minimum Gasteiger partial charge on any atom is -1.00 e. The maximum atomic E-state index is 10.7. The van der Waals surface area contributed by atoms with Crippen molar-refractivity contribution in [3.63, 3.8) is 0 Å². The van der Waals surface area contributed by atoms with Crippen LogP contribution in [0.15, 0.2) is 29.2 Å². The predicted octanol–water partition coefficient (Wildman–Crippen LogP) is -1.88. The number of anilines is 1. The average molecular weight is 225 g/mol. The minimum absolute atomic E-state index is 0. The maximum Gasteiger partial charge on any atom is 1.00 e. The summed E-state index contributed by atoms with van der Waals surface area (Å²) in [5, 5.41) is 0. The van der Waals surface area contributed by atoms with Crippen molar-refractivity contribution >= 4 is 15.8 Å². The van der Waals surface area contributed by atoms with Crippen LogP contribution in [0.2, 0.25) is 0 Å². The van der Waals surface area contributed by atoms with Crippen LogP contribution in [-0.2, 0) is 10.1 Å². The Kier molecular flexibility index (Phi) is 5.11. The second-order valence-electron chi connectivity index (χ2n) is 2.87. The van der Waals surface area contributed by atoms with Crippen molar-refractivity contribution in [2.45, 2.75) is 4.90 Å². The zero-order valence-electron chi connectivity index (χ0n) is 9.43. The van der Waals surface area contributed by atoms with E-state index in [1.807, 2.05) is 0 Å². The fraction of sp³-hybridized carbons (Fsp3) is 0.250. The second kappa shape index (κ2) is 5.14. The zero-order valence-corrected chi connectivity index (χ0v) is 11.2. The Balaban J connectivity index is 0. The minimum atomic E-state index is -4.09. The summed E-state index contributed by atoms with van der Waals surface area (Å²) < 4.78 is 30.2. The first-order valence-electron chi connectivity index (χ1n) is 3.66. The van der Waals surface area contributed by atoms with E-state index < -0.39 is 10.1 Å². The molecule has 4 nitrogen and oxygen atoms in total. The third-order valence-corrected chi connectivity index (χ3v) is 2.48. The summed E-state index contributed by atoms with van der Waals surface area (Å²) in [5.41, 5.74) is 0.732. The molecule has 0 aromatic heterocycles. The summed E-state index contributed by atoms with van der Waals surface area (Å²) in [6.45, 7) is 0. The van der Waals surface area contributed by atoms with Gasteiger partial charge in [0, 0.05) is 19.8 Å². The second-order valence-corrected chi connectivity index (χ2v) is 4.29. The molecule has 1 N–H and O–H groups in total. The summed E-state index contributed by atoms with van der Waals surface area (Å²) in [4.78, 5) is 1.67. The smallest absolute Gasteiger partial charge is 1.00 e. The van der Waals surface area contributed by atoms with E-state index in [-0.39, 0.29) is 35.9 Å². The Morgan fingerprint density at radius 2 is 1.93 bits per heavy atom. The summed E-state index contributed by atoms with van der Waals surface area (Å²) in [5.74, 6) is 0. The van der Waals surface area contributed by atoms with Crippen LogP contribution in [0.4, 0.5) is 5.69 Å². The van der Waals surface area contributed by atoms with Crippen LogP contribution >= 0.6 is 0 Å². The molecule has 74 valence electrons. The molecule has 1 aromatic carbocycles. The molecule has 14 heavy (non-hydrogen) atoms. The largest absolute Gasteiger partial charge is 1.00 e. The molecule has 0 saturated carbocycles. The molecule has 0 amide bonds. The standard InChI is InChI=1S/C8H11NO3S.Na.H/c1-9(2)7-4-3-5-8(6-7)13(10,11)12;;/h3-6H,1-2H3,(H,10,11,12);;/q;+1;-1. The number of rotatable bonds is 2. The number of hydrogen-bond acceptors (Lipinski definition) is 3. The molecule has 1 aromatic rings. The van der Waals surface area contributed by atoms with Crippen molar-refractivity contribution < 1.29 is 44.0 Å². The van der Waals surface area contributed by atoms with Gasteiger partial charge < -0.3 is 6.33 Å². The Bertz CT molecular complexity index is 408. The van der Waals surface area contributed by atoms with Crippen molar-refractivity contribution in [1.29, 1.82) is 0 Å². The molecular formula is C8H12NNaO3S. The molecule has 0 saturated heterocycles. The Morgan fingerprint density at radius 1 is 1.36 bits per heavy atom. The maximum absolute atomic E-state index is 10.7. The average Bonchev–Trinajstić information content (AvgIpc) is 2.03. The fourth-order valence-electron chi connectivity index (χ4n) is 0.922. The van der Waals surface area contributed by atoms with Crippen LogP contribution in [0.5, 0.6) is 0 Å². The van der Waals surface area contributed by atoms with Crippen molar-refractivity contribution in [2.24, 2.45) is 0 Å². The van der Waals surface area contributed by atoms with Crippen LogP contribution in [0.3, 0.4) is 0 Å². The summed E-state index contributed by atoms with van der Waals surface area (Å²) in [6, 6.07) is 6.10. The molecule has 0 aliphatic rings. The first kappa shape index (κ1) is 13.9. The van der Waals surface area contributed by atoms with Gasteiger partial charge in [0.05, 0.1) is 4.90 Å². The molecule has 0 heterocycles. The van der Waals surface area contributed by atoms with Gasteiger partial charge in [-0.25, -0.2) is 0 Å². The van der Waals surface area contributed by atoms with E-state index in [4.69, 9.17) is 4.55 Å². The van der Waals surface area contributed by atoms with Crippen LogP contribution in [0, 0.1) is 0 Å². The van der Waals surface area contributed by atoms with Crippen LogP contribution in [0.25, 0.3) is 0 Å². The van der Waals surface area contributed by atoms with Crippen molar-refractivity contribution in [3.05, 3.63) is 24.3 Å². The van der Waals surface area contributed by atoms with E-state index in [9.17, 15) is 8.42 Å².